The molecule has 6 nitrogen and oxygen atoms in total. The number of nitrogens with zero attached hydrogens (tertiary/aromatic N) is 2. The molecule has 0 bridgehead atoms. The minimum Gasteiger partial charge on any atom is -0.478 e. The number of carbonyl (C=O) groups excluding carboxylic acids is 1. The van der Waals surface area contributed by atoms with E-state index in [1.165, 1.54) is 0 Å². The second kappa shape index (κ2) is 8.55. The first-order valence-corrected chi connectivity index (χ1v) is 9.85. The van der Waals surface area contributed by atoms with Crippen LogP contribution in [-0.4, -0.2) is 53.3 Å². The Hall–Kier alpha value is -3.02. The van der Waals surface area contributed by atoms with E-state index in [0.717, 1.165) is 5.56 Å². The molecule has 0 saturated carbocycles. The largest absolute Gasteiger partial charge is 0.478 e. The van der Waals surface area contributed by atoms with Gasteiger partial charge in [-0.1, -0.05) is 42.5 Å². The lowest BCUT2D eigenvalue weighted by atomic mass is 10.00. The smallest absolute Gasteiger partial charge is 0.410 e. The Kier molecular flexibility index (Phi) is 6.11. The summed E-state index contributed by atoms with van der Waals surface area (Å²) in [4.78, 5) is 28.2. The first kappa shape index (κ1) is 20.7. The molecule has 6 heteroatoms. The summed E-state index contributed by atoms with van der Waals surface area (Å²) in [7, 11) is 0. The zero-order valence-electron chi connectivity index (χ0n) is 17.2. The molecule has 0 aromatic heterocycles. The van der Waals surface area contributed by atoms with E-state index in [4.69, 9.17) is 4.74 Å². The molecule has 1 amide bonds. The molecule has 1 atom stereocenters. The number of rotatable bonds is 4. The van der Waals surface area contributed by atoms with E-state index in [-0.39, 0.29) is 17.7 Å². The van der Waals surface area contributed by atoms with Crippen LogP contribution in [0.2, 0.25) is 0 Å². The fourth-order valence-corrected chi connectivity index (χ4v) is 3.63. The highest BCUT2D eigenvalue weighted by atomic mass is 16.6. The van der Waals surface area contributed by atoms with Gasteiger partial charge in [-0.05, 0) is 44.9 Å². The van der Waals surface area contributed by atoms with Crippen LogP contribution in [0.1, 0.15) is 36.7 Å². The number of anilines is 1. The normalized spacial score (nSPS) is 17.1. The summed E-state index contributed by atoms with van der Waals surface area (Å²) < 4.78 is 5.55. The summed E-state index contributed by atoms with van der Waals surface area (Å²) >= 11 is 0. The third kappa shape index (κ3) is 5.28. The quantitative estimate of drug-likeness (QED) is 0.844. The molecular formula is C23H28N2O4. The SMILES string of the molecule is CC(C)(C)OC(=O)N1CCN(c2ccccc2C(=O)O)[C@H](Cc2ccccc2)C1. The highest BCUT2D eigenvalue weighted by Gasteiger charge is 2.33. The maximum absolute atomic E-state index is 12.6. The lowest BCUT2D eigenvalue weighted by Crippen LogP contribution is -2.56. The van der Waals surface area contributed by atoms with E-state index in [1.807, 2.05) is 63.2 Å². The first-order chi connectivity index (χ1) is 13.7. The molecule has 1 heterocycles. The van der Waals surface area contributed by atoms with Gasteiger partial charge in [-0.15, -0.1) is 0 Å². The molecule has 0 radical (unpaired) electrons. The first-order valence-electron chi connectivity index (χ1n) is 9.85. The van der Waals surface area contributed by atoms with Gasteiger partial charge >= 0.3 is 12.1 Å². The molecule has 0 aliphatic carbocycles. The number of aromatic carboxylic acids is 1. The van der Waals surface area contributed by atoms with Gasteiger partial charge in [0.1, 0.15) is 5.60 Å². The van der Waals surface area contributed by atoms with Gasteiger partial charge in [-0.3, -0.25) is 0 Å². The van der Waals surface area contributed by atoms with Crippen molar-refractivity contribution in [2.45, 2.75) is 38.8 Å². The van der Waals surface area contributed by atoms with Gasteiger partial charge in [0.15, 0.2) is 0 Å². The summed E-state index contributed by atoms with van der Waals surface area (Å²) in [5.41, 5.74) is 1.54. The van der Waals surface area contributed by atoms with Gasteiger partial charge in [-0.25, -0.2) is 9.59 Å². The van der Waals surface area contributed by atoms with Gasteiger partial charge in [0, 0.05) is 19.6 Å². The van der Waals surface area contributed by atoms with Crippen LogP contribution in [0.15, 0.2) is 54.6 Å². The van der Waals surface area contributed by atoms with Crippen LogP contribution in [0.5, 0.6) is 0 Å². The summed E-state index contributed by atoms with van der Waals surface area (Å²) in [6.07, 6.45) is 0.371. The number of ether oxygens (including phenoxy) is 1. The number of benzene rings is 2. The average Bonchev–Trinajstić information content (AvgIpc) is 2.67. The van der Waals surface area contributed by atoms with Crippen molar-refractivity contribution >= 4 is 17.7 Å². The van der Waals surface area contributed by atoms with E-state index in [9.17, 15) is 14.7 Å². The molecule has 2 aromatic carbocycles. The predicted octanol–water partition coefficient (Wildman–Crippen LogP) is 4.05. The third-order valence-electron chi connectivity index (χ3n) is 4.89. The molecule has 0 unspecified atom stereocenters. The molecule has 0 spiro atoms. The Labute approximate surface area is 171 Å². The van der Waals surface area contributed by atoms with Crippen LogP contribution >= 0.6 is 0 Å². The van der Waals surface area contributed by atoms with Gasteiger partial charge in [-0.2, -0.15) is 0 Å². The molecule has 29 heavy (non-hydrogen) atoms. The number of carbonyl (C=O) groups is 2. The second-order valence-corrected chi connectivity index (χ2v) is 8.29. The van der Waals surface area contributed by atoms with Crippen molar-refractivity contribution in [3.8, 4) is 0 Å². The maximum Gasteiger partial charge on any atom is 0.410 e. The maximum atomic E-state index is 12.6. The number of amides is 1. The summed E-state index contributed by atoms with van der Waals surface area (Å²) in [6, 6.07) is 17.0. The number of piperazine rings is 1. The van der Waals surface area contributed by atoms with Crippen molar-refractivity contribution in [2.75, 3.05) is 24.5 Å². The van der Waals surface area contributed by atoms with Gasteiger partial charge in [0.25, 0.3) is 0 Å². The Morgan fingerprint density at radius 3 is 2.34 bits per heavy atom. The highest BCUT2D eigenvalue weighted by molar-refractivity contribution is 5.94. The average molecular weight is 396 g/mol. The van der Waals surface area contributed by atoms with Crippen molar-refractivity contribution in [2.24, 2.45) is 0 Å². The van der Waals surface area contributed by atoms with Crippen molar-refractivity contribution in [1.29, 1.82) is 0 Å². The zero-order valence-corrected chi connectivity index (χ0v) is 17.2. The van der Waals surface area contributed by atoms with Crippen molar-refractivity contribution < 1.29 is 19.4 Å². The monoisotopic (exact) mass is 396 g/mol. The van der Waals surface area contributed by atoms with E-state index < -0.39 is 11.6 Å². The van der Waals surface area contributed by atoms with Crippen molar-refractivity contribution in [3.05, 3.63) is 65.7 Å². The van der Waals surface area contributed by atoms with E-state index >= 15 is 0 Å². The molecule has 1 aliphatic heterocycles. The second-order valence-electron chi connectivity index (χ2n) is 8.29. The molecule has 1 saturated heterocycles. The standard InChI is InChI=1S/C23H28N2O4/c1-23(2,3)29-22(28)24-13-14-25(20-12-8-7-11-19(20)21(26)27)18(16-24)15-17-9-5-4-6-10-17/h4-12,18H,13-16H2,1-3H3,(H,26,27)/t18-/m1/s1. The zero-order chi connectivity index (χ0) is 21.0. The molecule has 2 aromatic rings. The number of hydrogen-bond acceptors (Lipinski definition) is 4. The Morgan fingerprint density at radius 2 is 1.69 bits per heavy atom. The Bertz CT molecular complexity index is 861. The highest BCUT2D eigenvalue weighted by Crippen LogP contribution is 2.27. The van der Waals surface area contributed by atoms with Gasteiger partial charge in [0.2, 0.25) is 0 Å². The topological polar surface area (TPSA) is 70.1 Å². The molecule has 1 aliphatic rings. The molecule has 3 rings (SSSR count). The van der Waals surface area contributed by atoms with Crippen LogP contribution in [0.3, 0.4) is 0 Å². The molecule has 1 fully saturated rings. The summed E-state index contributed by atoms with van der Waals surface area (Å²) in [5.74, 6) is -0.950. The van der Waals surface area contributed by atoms with E-state index in [2.05, 4.69) is 4.90 Å². The molecule has 1 N–H and O–H groups in total. The minimum absolute atomic E-state index is 0.0563. The van der Waals surface area contributed by atoms with E-state index in [0.29, 0.717) is 31.7 Å². The fraction of sp³-hybridized carbons (Fsp3) is 0.391. The van der Waals surface area contributed by atoms with Crippen LogP contribution in [0.25, 0.3) is 0 Å². The van der Waals surface area contributed by atoms with Crippen LogP contribution in [-0.2, 0) is 11.2 Å². The van der Waals surface area contributed by atoms with Crippen molar-refractivity contribution in [1.82, 2.24) is 4.90 Å². The predicted molar refractivity (Wildman–Crippen MR) is 112 cm³/mol. The summed E-state index contributed by atoms with van der Waals surface area (Å²) in [6.45, 7) is 7.05. The van der Waals surface area contributed by atoms with Crippen LogP contribution in [0, 0.1) is 0 Å². The fourth-order valence-electron chi connectivity index (χ4n) is 3.63. The van der Waals surface area contributed by atoms with Crippen molar-refractivity contribution in [3.63, 3.8) is 0 Å². The number of carboxylic acid groups (broad SMARTS) is 1. The minimum atomic E-state index is -0.950. The number of hydrogen-bond donors (Lipinski definition) is 1. The summed E-state index contributed by atoms with van der Waals surface area (Å²) in [5, 5.41) is 9.63. The Morgan fingerprint density at radius 1 is 1.03 bits per heavy atom. The van der Waals surface area contributed by atoms with E-state index in [1.54, 1.807) is 17.0 Å². The van der Waals surface area contributed by atoms with Crippen LogP contribution in [0.4, 0.5) is 10.5 Å². The lowest BCUT2D eigenvalue weighted by Gasteiger charge is -2.43. The molecule has 154 valence electrons. The van der Waals surface area contributed by atoms with Gasteiger partial charge in [0.05, 0.1) is 17.3 Å². The third-order valence-corrected chi connectivity index (χ3v) is 4.89. The number of para-hydroxylation sites is 1. The Balaban J connectivity index is 1.88. The van der Waals surface area contributed by atoms with Crippen LogP contribution < -0.4 is 4.90 Å². The lowest BCUT2D eigenvalue weighted by molar-refractivity contribution is 0.0213. The molecular weight excluding hydrogens is 368 g/mol. The number of carboxylic acids is 1. The van der Waals surface area contributed by atoms with Gasteiger partial charge < -0.3 is 19.6 Å².